The van der Waals surface area contributed by atoms with Gasteiger partial charge in [0.25, 0.3) is 11.6 Å². The molecule has 0 spiro atoms. The van der Waals surface area contributed by atoms with E-state index in [9.17, 15) is 19.7 Å². The number of benzene rings is 2. The van der Waals surface area contributed by atoms with Gasteiger partial charge in [0.15, 0.2) is 17.3 Å². The maximum absolute atomic E-state index is 12.5. The highest BCUT2D eigenvalue weighted by Gasteiger charge is 2.16. The predicted molar refractivity (Wildman–Crippen MR) is 105 cm³/mol. The van der Waals surface area contributed by atoms with E-state index in [1.54, 1.807) is 18.2 Å². The van der Waals surface area contributed by atoms with Crippen LogP contribution in [-0.4, -0.2) is 30.3 Å². The lowest BCUT2D eigenvalue weighted by molar-refractivity contribution is -0.384. The van der Waals surface area contributed by atoms with E-state index in [0.29, 0.717) is 29.4 Å². The highest BCUT2D eigenvalue weighted by molar-refractivity contribution is 6.25. The number of nitro benzene ring substituents is 1. The molecule has 8 heteroatoms. The maximum atomic E-state index is 12.5. The van der Waals surface area contributed by atoms with Gasteiger partial charge in [-0.1, -0.05) is 6.07 Å². The number of carbonyl (C=O) groups is 2. The van der Waals surface area contributed by atoms with Gasteiger partial charge in [-0.05, 0) is 49.8 Å². The number of carbonyl (C=O) groups excluding carboxylic acids is 2. The first-order valence-electron chi connectivity index (χ1n) is 8.45. The number of nitrogens with one attached hydrogen (secondary N) is 1. The molecule has 0 saturated carbocycles. The van der Waals surface area contributed by atoms with Crippen molar-refractivity contribution < 1.29 is 24.0 Å². The molecule has 0 unspecified atom stereocenters. The Morgan fingerprint density at radius 3 is 2.36 bits per heavy atom. The van der Waals surface area contributed by atoms with Gasteiger partial charge < -0.3 is 14.8 Å². The number of nitrogens with zero attached hydrogens (tertiary/aromatic N) is 1. The average Bonchev–Trinajstić information content (AvgIpc) is 2.67. The molecule has 0 aromatic heterocycles. The van der Waals surface area contributed by atoms with Crippen LogP contribution in [0.5, 0.6) is 11.5 Å². The van der Waals surface area contributed by atoms with E-state index in [0.717, 1.165) is 0 Å². The number of hydrogen-bond acceptors (Lipinski definition) is 6. The van der Waals surface area contributed by atoms with Crippen LogP contribution in [0.25, 0.3) is 6.08 Å². The van der Waals surface area contributed by atoms with Gasteiger partial charge in [0.05, 0.1) is 24.2 Å². The van der Waals surface area contributed by atoms with Gasteiger partial charge in [-0.25, -0.2) is 0 Å². The summed E-state index contributed by atoms with van der Waals surface area (Å²) in [6.45, 7) is 3.61. The normalized spacial score (nSPS) is 10.9. The molecule has 1 N–H and O–H groups in total. The number of non-ortho nitro benzene ring substituents is 1. The Balaban J connectivity index is 2.27. The molecular weight excluding hydrogens is 364 g/mol. The van der Waals surface area contributed by atoms with Gasteiger partial charge in [0.2, 0.25) is 0 Å². The van der Waals surface area contributed by atoms with Crippen LogP contribution in [-0.2, 0) is 9.59 Å². The van der Waals surface area contributed by atoms with Crippen molar-refractivity contribution in [2.45, 2.75) is 13.8 Å². The lowest BCUT2D eigenvalue weighted by Gasteiger charge is -2.10. The zero-order chi connectivity index (χ0) is 20.7. The monoisotopic (exact) mass is 384 g/mol. The van der Waals surface area contributed by atoms with Crippen molar-refractivity contribution in [3.63, 3.8) is 0 Å². The number of anilines is 1. The Morgan fingerprint density at radius 2 is 1.82 bits per heavy atom. The highest BCUT2D eigenvalue weighted by Crippen LogP contribution is 2.29. The summed E-state index contributed by atoms with van der Waals surface area (Å²) in [5, 5.41) is 13.3. The van der Waals surface area contributed by atoms with E-state index in [4.69, 9.17) is 9.47 Å². The summed E-state index contributed by atoms with van der Waals surface area (Å²) >= 11 is 0. The van der Waals surface area contributed by atoms with Crippen LogP contribution in [0.3, 0.4) is 0 Å². The van der Waals surface area contributed by atoms with Gasteiger partial charge in [-0.3, -0.25) is 19.7 Å². The molecule has 0 aliphatic rings. The number of hydrogen-bond donors (Lipinski definition) is 1. The lowest BCUT2D eigenvalue weighted by atomic mass is 10.1. The van der Waals surface area contributed by atoms with Crippen molar-refractivity contribution in [3.05, 3.63) is 63.7 Å². The van der Waals surface area contributed by atoms with Crippen LogP contribution in [0.4, 0.5) is 11.4 Å². The summed E-state index contributed by atoms with van der Waals surface area (Å²) in [5.74, 6) is -0.00222. The van der Waals surface area contributed by atoms with Crippen LogP contribution in [0.1, 0.15) is 19.4 Å². The molecule has 0 saturated heterocycles. The summed E-state index contributed by atoms with van der Waals surface area (Å²) < 4.78 is 10.7. The summed E-state index contributed by atoms with van der Waals surface area (Å²) in [6.07, 6.45) is 1.45. The largest absolute Gasteiger partial charge is 0.493 e. The van der Waals surface area contributed by atoms with E-state index in [1.165, 1.54) is 44.4 Å². The van der Waals surface area contributed by atoms with Crippen molar-refractivity contribution in [1.82, 2.24) is 0 Å². The van der Waals surface area contributed by atoms with E-state index in [-0.39, 0.29) is 11.3 Å². The molecule has 28 heavy (non-hydrogen) atoms. The van der Waals surface area contributed by atoms with E-state index >= 15 is 0 Å². The van der Waals surface area contributed by atoms with Crippen LogP contribution in [0, 0.1) is 10.1 Å². The fourth-order valence-corrected chi connectivity index (χ4v) is 2.41. The Kier molecular flexibility index (Phi) is 6.86. The molecule has 0 aliphatic heterocycles. The van der Waals surface area contributed by atoms with Crippen molar-refractivity contribution in [2.24, 2.45) is 0 Å². The molecule has 0 aliphatic carbocycles. The molecule has 0 radical (unpaired) electrons. The third-order valence-corrected chi connectivity index (χ3v) is 3.76. The number of methoxy groups -OCH3 is 1. The van der Waals surface area contributed by atoms with E-state index in [1.807, 2.05) is 6.92 Å². The molecule has 8 nitrogen and oxygen atoms in total. The van der Waals surface area contributed by atoms with Crippen LogP contribution < -0.4 is 14.8 Å². The Bertz CT molecular complexity index is 919. The first-order chi connectivity index (χ1) is 13.3. The minimum absolute atomic E-state index is 0.0652. The summed E-state index contributed by atoms with van der Waals surface area (Å²) in [6, 6.07) is 10.4. The molecule has 2 aromatic carbocycles. The van der Waals surface area contributed by atoms with Crippen LogP contribution in [0.2, 0.25) is 0 Å². The number of Topliss-reactive ketones (excluding diaryl/α,β-unsaturated/α-hetero) is 1. The molecule has 2 rings (SSSR count). The van der Waals surface area contributed by atoms with Gasteiger partial charge in [-0.15, -0.1) is 0 Å². The van der Waals surface area contributed by atoms with Crippen molar-refractivity contribution >= 4 is 29.1 Å². The number of amides is 1. The number of ether oxygens (including phenoxy) is 2. The van der Waals surface area contributed by atoms with Gasteiger partial charge in [0, 0.05) is 17.8 Å². The molecule has 146 valence electrons. The predicted octanol–water partition coefficient (Wildman–Crippen LogP) is 3.61. The molecule has 1 amide bonds. The van der Waals surface area contributed by atoms with Gasteiger partial charge in [-0.2, -0.15) is 0 Å². The summed E-state index contributed by atoms with van der Waals surface area (Å²) in [5.41, 5.74) is 0.766. The second-order valence-corrected chi connectivity index (χ2v) is 5.72. The van der Waals surface area contributed by atoms with Gasteiger partial charge in [0.1, 0.15) is 0 Å². The van der Waals surface area contributed by atoms with Crippen LogP contribution in [0.15, 0.2) is 48.0 Å². The summed E-state index contributed by atoms with van der Waals surface area (Å²) in [4.78, 5) is 34.6. The molecule has 0 heterocycles. The number of rotatable bonds is 8. The number of ketones is 1. The fraction of sp³-hybridized carbons (Fsp3) is 0.200. The zero-order valence-electron chi connectivity index (χ0n) is 15.7. The highest BCUT2D eigenvalue weighted by atomic mass is 16.6. The molecule has 2 aromatic rings. The van der Waals surface area contributed by atoms with Crippen molar-refractivity contribution in [2.75, 3.05) is 19.0 Å². The van der Waals surface area contributed by atoms with E-state index < -0.39 is 16.6 Å². The third kappa shape index (κ3) is 5.16. The van der Waals surface area contributed by atoms with Crippen LogP contribution >= 0.6 is 0 Å². The zero-order valence-corrected chi connectivity index (χ0v) is 15.7. The first-order valence-corrected chi connectivity index (χ1v) is 8.45. The minimum Gasteiger partial charge on any atom is -0.493 e. The van der Waals surface area contributed by atoms with Gasteiger partial charge >= 0.3 is 0 Å². The Morgan fingerprint density at radius 1 is 1.14 bits per heavy atom. The first kappa shape index (κ1) is 20.6. The topological polar surface area (TPSA) is 108 Å². The fourth-order valence-electron chi connectivity index (χ4n) is 2.41. The second-order valence-electron chi connectivity index (χ2n) is 5.72. The Labute approximate surface area is 161 Å². The molecule has 0 atom stereocenters. The minimum atomic E-state index is -0.616. The number of nitro groups is 1. The molecule has 0 fully saturated rings. The standard InChI is InChI=1S/C20H20N2O6/c1-4-28-18-10-5-14(12-19(18)27-3)11-17(13(2)23)20(24)21-15-6-8-16(9-7-15)22(25)26/h5-12H,4H2,1-3H3,(H,21,24)/b17-11+. The molecular formula is C20H20N2O6. The van der Waals surface area contributed by atoms with Crippen molar-refractivity contribution in [1.29, 1.82) is 0 Å². The maximum Gasteiger partial charge on any atom is 0.269 e. The average molecular weight is 384 g/mol. The van der Waals surface area contributed by atoms with E-state index in [2.05, 4.69) is 5.32 Å². The third-order valence-electron chi connectivity index (χ3n) is 3.76. The Hall–Kier alpha value is -3.68. The SMILES string of the molecule is CCOc1ccc(/C=C(\C(C)=O)C(=O)Nc2ccc([N+](=O)[O-])cc2)cc1OC. The smallest absolute Gasteiger partial charge is 0.269 e. The summed E-state index contributed by atoms with van der Waals surface area (Å²) in [7, 11) is 1.50. The molecule has 0 bridgehead atoms. The second kappa shape index (κ2) is 9.31. The quantitative estimate of drug-likeness (QED) is 0.245. The van der Waals surface area contributed by atoms with Crippen molar-refractivity contribution in [3.8, 4) is 11.5 Å². The lowest BCUT2D eigenvalue weighted by Crippen LogP contribution is -2.18.